The van der Waals surface area contributed by atoms with Crippen LogP contribution >= 0.6 is 11.6 Å². The summed E-state index contributed by atoms with van der Waals surface area (Å²) in [5.74, 6) is -0.307. The molecule has 3 N–H and O–H groups in total. The second kappa shape index (κ2) is 7.29. The number of ether oxygens (including phenoxy) is 1. The van der Waals surface area contributed by atoms with Crippen molar-refractivity contribution in [3.8, 4) is 0 Å². The molecule has 0 radical (unpaired) electrons. The largest absolute Gasteiger partial charge is 0.444 e. The smallest absolute Gasteiger partial charge is 0.410 e. The number of alkyl halides is 1. The van der Waals surface area contributed by atoms with E-state index in [0.29, 0.717) is 24.5 Å². The van der Waals surface area contributed by atoms with Gasteiger partial charge in [0.1, 0.15) is 11.8 Å². The summed E-state index contributed by atoms with van der Waals surface area (Å²) in [4.78, 5) is 18.0. The second-order valence-electron chi connectivity index (χ2n) is 7.97. The van der Waals surface area contributed by atoms with E-state index in [-0.39, 0.29) is 18.4 Å². The molecule has 0 saturated carbocycles. The zero-order valence-corrected chi connectivity index (χ0v) is 16.1. The summed E-state index contributed by atoms with van der Waals surface area (Å²) in [6.45, 7) is 6.47. The van der Waals surface area contributed by atoms with Crippen LogP contribution in [0.15, 0.2) is 27.7 Å². The normalized spacial score (nSPS) is 32.2. The minimum absolute atomic E-state index is 0.00192. The molecule has 26 heavy (non-hydrogen) atoms. The standard InChI is InChI=1S/C18H26ClFN4O2/c1-18(2,3)26-17(25)24-5-4-11(14(20)9-24)12-7-15-10(6-13(12)19)8-22-16(21)23-15/h6-7,10-11,14,16,22H,4-5,8-9,21H2,1-3H3/t10?,11-,14+,16?/m0/s1. The number of fused-ring (bicyclic) bond motifs is 1. The highest BCUT2D eigenvalue weighted by atomic mass is 35.5. The van der Waals surface area contributed by atoms with Crippen LogP contribution in [0.2, 0.25) is 0 Å². The van der Waals surface area contributed by atoms with Crippen LogP contribution in [0.5, 0.6) is 0 Å². The number of allylic oxidation sites excluding steroid dienone is 3. The van der Waals surface area contributed by atoms with Crippen molar-refractivity contribution in [2.24, 2.45) is 22.6 Å². The Morgan fingerprint density at radius 1 is 1.50 bits per heavy atom. The van der Waals surface area contributed by atoms with E-state index in [1.807, 2.05) is 12.2 Å². The lowest BCUT2D eigenvalue weighted by Gasteiger charge is -2.38. The maximum atomic E-state index is 14.9. The number of carbonyl (C=O) groups is 1. The van der Waals surface area contributed by atoms with Gasteiger partial charge in [0.25, 0.3) is 0 Å². The molecule has 0 bridgehead atoms. The van der Waals surface area contributed by atoms with E-state index in [4.69, 9.17) is 22.1 Å². The molecule has 0 aromatic heterocycles. The van der Waals surface area contributed by atoms with E-state index < -0.39 is 24.2 Å². The molecule has 1 fully saturated rings. The first-order chi connectivity index (χ1) is 12.1. The van der Waals surface area contributed by atoms with Crippen molar-refractivity contribution in [2.75, 3.05) is 19.6 Å². The lowest BCUT2D eigenvalue weighted by atomic mass is 9.82. The Balaban J connectivity index is 1.71. The number of rotatable bonds is 1. The molecule has 3 rings (SSSR count). The Morgan fingerprint density at radius 3 is 2.88 bits per heavy atom. The topological polar surface area (TPSA) is 80.0 Å². The number of piperidine rings is 1. The van der Waals surface area contributed by atoms with Gasteiger partial charge in [-0.05, 0) is 38.8 Å². The predicted octanol–water partition coefficient (Wildman–Crippen LogP) is 2.55. The molecular weight excluding hydrogens is 359 g/mol. The van der Waals surface area contributed by atoms with Crippen molar-refractivity contribution < 1.29 is 13.9 Å². The van der Waals surface area contributed by atoms with Crippen molar-refractivity contribution in [1.29, 1.82) is 0 Å². The quantitative estimate of drug-likeness (QED) is 0.728. The number of amides is 1. The van der Waals surface area contributed by atoms with E-state index in [2.05, 4.69) is 10.3 Å². The van der Waals surface area contributed by atoms with Crippen LogP contribution in [0.25, 0.3) is 0 Å². The van der Waals surface area contributed by atoms with Crippen LogP contribution < -0.4 is 11.1 Å². The van der Waals surface area contributed by atoms with E-state index in [1.165, 1.54) is 4.90 Å². The molecule has 2 heterocycles. The Kier molecular flexibility index (Phi) is 5.42. The van der Waals surface area contributed by atoms with Crippen LogP contribution in [-0.2, 0) is 4.74 Å². The zero-order chi connectivity index (χ0) is 19.1. The van der Waals surface area contributed by atoms with Gasteiger partial charge in [-0.25, -0.2) is 9.18 Å². The average molecular weight is 385 g/mol. The third kappa shape index (κ3) is 4.27. The van der Waals surface area contributed by atoms with E-state index in [9.17, 15) is 9.18 Å². The first-order valence-corrected chi connectivity index (χ1v) is 9.30. The Hall–Kier alpha value is -1.44. The second-order valence-corrected chi connectivity index (χ2v) is 8.37. The van der Waals surface area contributed by atoms with Gasteiger partial charge in [-0.2, -0.15) is 0 Å². The average Bonchev–Trinajstić information content (AvgIpc) is 2.53. The minimum atomic E-state index is -1.21. The van der Waals surface area contributed by atoms with Gasteiger partial charge in [-0.15, -0.1) is 0 Å². The maximum Gasteiger partial charge on any atom is 0.410 e. The highest BCUT2D eigenvalue weighted by Gasteiger charge is 2.38. The summed E-state index contributed by atoms with van der Waals surface area (Å²) >= 11 is 6.43. The molecule has 2 unspecified atom stereocenters. The van der Waals surface area contributed by atoms with Gasteiger partial charge in [0.15, 0.2) is 6.29 Å². The number of hydrogen-bond acceptors (Lipinski definition) is 5. The fourth-order valence-electron chi connectivity index (χ4n) is 3.48. The van der Waals surface area contributed by atoms with Gasteiger partial charge >= 0.3 is 6.09 Å². The van der Waals surface area contributed by atoms with E-state index in [1.54, 1.807) is 20.8 Å². The Morgan fingerprint density at radius 2 is 2.23 bits per heavy atom. The fraction of sp³-hybridized carbons (Fsp3) is 0.667. The van der Waals surface area contributed by atoms with Gasteiger partial charge in [-0.3, -0.25) is 16.0 Å². The third-order valence-corrected chi connectivity index (χ3v) is 5.08. The summed E-state index contributed by atoms with van der Waals surface area (Å²) in [7, 11) is 0. The molecule has 0 aromatic rings. The molecule has 3 aliphatic rings. The molecule has 6 nitrogen and oxygen atoms in total. The van der Waals surface area contributed by atoms with E-state index in [0.717, 1.165) is 11.3 Å². The summed E-state index contributed by atoms with van der Waals surface area (Å²) in [6, 6.07) is 0. The Labute approximate surface area is 158 Å². The number of halogens is 2. The molecule has 2 aliphatic heterocycles. The fourth-order valence-corrected chi connectivity index (χ4v) is 3.82. The van der Waals surface area contributed by atoms with Crippen LogP contribution in [0, 0.1) is 11.8 Å². The maximum absolute atomic E-state index is 14.9. The number of likely N-dealkylation sites (tertiary alicyclic amines) is 1. The molecule has 144 valence electrons. The van der Waals surface area contributed by atoms with E-state index >= 15 is 0 Å². The Bertz CT molecular complexity index is 671. The van der Waals surface area contributed by atoms with Gasteiger partial charge < -0.3 is 9.64 Å². The third-order valence-electron chi connectivity index (χ3n) is 4.73. The molecule has 8 heteroatoms. The predicted molar refractivity (Wildman–Crippen MR) is 99.7 cm³/mol. The van der Waals surface area contributed by atoms with Gasteiger partial charge in [0.2, 0.25) is 0 Å². The van der Waals surface area contributed by atoms with Crippen molar-refractivity contribution in [1.82, 2.24) is 10.2 Å². The highest BCUT2D eigenvalue weighted by molar-refractivity contribution is 6.33. The summed E-state index contributed by atoms with van der Waals surface area (Å²) < 4.78 is 20.2. The summed E-state index contributed by atoms with van der Waals surface area (Å²) in [6.07, 6.45) is 2.12. The lowest BCUT2D eigenvalue weighted by Crippen LogP contribution is -2.48. The van der Waals surface area contributed by atoms with Crippen LogP contribution in [0.4, 0.5) is 9.18 Å². The summed E-state index contributed by atoms with van der Waals surface area (Å²) in [5.41, 5.74) is 6.79. The first kappa shape index (κ1) is 19.3. The number of aliphatic imine (C=N–C) groups is 1. The number of nitrogens with two attached hydrogens (primary N) is 1. The van der Waals surface area contributed by atoms with Crippen LogP contribution in [0.3, 0.4) is 0 Å². The van der Waals surface area contributed by atoms with Crippen molar-refractivity contribution >= 4 is 23.4 Å². The summed E-state index contributed by atoms with van der Waals surface area (Å²) in [5, 5.41) is 3.63. The first-order valence-electron chi connectivity index (χ1n) is 8.92. The van der Waals surface area contributed by atoms with Gasteiger partial charge in [-0.1, -0.05) is 17.7 Å². The van der Waals surface area contributed by atoms with Crippen LogP contribution in [0.1, 0.15) is 27.2 Å². The number of hydrogen-bond donors (Lipinski definition) is 2. The van der Waals surface area contributed by atoms with Gasteiger partial charge in [0.05, 0.1) is 6.54 Å². The number of nitrogens with zero attached hydrogens (tertiary/aromatic N) is 2. The molecule has 0 spiro atoms. The number of carbonyl (C=O) groups excluding carboxylic acids is 1. The molecule has 4 atom stereocenters. The minimum Gasteiger partial charge on any atom is -0.444 e. The number of nitrogens with one attached hydrogen (secondary N) is 1. The van der Waals surface area contributed by atoms with Crippen molar-refractivity contribution in [2.45, 2.75) is 45.3 Å². The van der Waals surface area contributed by atoms with Crippen molar-refractivity contribution in [3.05, 3.63) is 22.8 Å². The zero-order valence-electron chi connectivity index (χ0n) is 15.3. The molecule has 1 saturated heterocycles. The van der Waals surface area contributed by atoms with Crippen LogP contribution in [-0.4, -0.2) is 54.4 Å². The molecular formula is C18H26ClFN4O2. The molecule has 0 aromatic carbocycles. The highest BCUT2D eigenvalue weighted by Crippen LogP contribution is 2.37. The lowest BCUT2D eigenvalue weighted by molar-refractivity contribution is 0.00855. The SMILES string of the molecule is CC(C)(C)OC(=O)N1CC[C@@H](C2=CC3=NC(N)NCC3C=C2Cl)[C@H](F)C1. The monoisotopic (exact) mass is 384 g/mol. The molecule has 1 aliphatic carbocycles. The van der Waals surface area contributed by atoms with Crippen molar-refractivity contribution in [3.63, 3.8) is 0 Å². The van der Waals surface area contributed by atoms with Gasteiger partial charge in [0, 0.05) is 35.7 Å². The molecule has 1 amide bonds.